The average Bonchev–Trinajstić information content (AvgIpc) is 1.38. The molecule has 0 rings (SSSR count). The third kappa shape index (κ3) is 4.21. The van der Waals surface area contributed by atoms with E-state index in [9.17, 15) is 0 Å². The summed E-state index contributed by atoms with van der Waals surface area (Å²) >= 11 is 2.09. The van der Waals surface area contributed by atoms with Crippen LogP contribution in [0.3, 0.4) is 0 Å². The standard InChI is InChI=1S/C4H5I/c1-3-4(2)5/h3H,1-2H2. The Kier molecular flexibility index (Phi) is 2.55. The van der Waals surface area contributed by atoms with E-state index in [1.54, 1.807) is 6.08 Å². The van der Waals surface area contributed by atoms with Crippen LogP contribution in [0, 0.1) is 0 Å². The maximum Gasteiger partial charge on any atom is 0.00520 e. The predicted molar refractivity (Wildman–Crippen MR) is 33.4 cm³/mol. The van der Waals surface area contributed by atoms with Crippen LogP contribution in [0.25, 0.3) is 0 Å². The number of rotatable bonds is 1. The highest BCUT2D eigenvalue weighted by atomic mass is 127. The number of allylic oxidation sites excluding steroid dienone is 2. The van der Waals surface area contributed by atoms with E-state index >= 15 is 0 Å². The molecule has 0 atom stereocenters. The molecule has 0 N–H and O–H groups in total. The topological polar surface area (TPSA) is 0 Å². The summed E-state index contributed by atoms with van der Waals surface area (Å²) in [4.78, 5) is 0. The van der Waals surface area contributed by atoms with Crippen molar-refractivity contribution in [2.45, 2.75) is 0 Å². The van der Waals surface area contributed by atoms with Gasteiger partial charge < -0.3 is 0 Å². The van der Waals surface area contributed by atoms with Gasteiger partial charge in [0, 0.05) is 3.58 Å². The lowest BCUT2D eigenvalue weighted by Gasteiger charge is -1.68. The third-order valence-corrected chi connectivity index (χ3v) is 0.662. The lowest BCUT2D eigenvalue weighted by atomic mass is 10.6. The van der Waals surface area contributed by atoms with Gasteiger partial charge in [-0.3, -0.25) is 0 Å². The highest BCUT2D eigenvalue weighted by Crippen LogP contribution is 1.98. The zero-order chi connectivity index (χ0) is 4.28. The first kappa shape index (κ1) is 5.21. The first-order valence-corrected chi connectivity index (χ1v) is 2.32. The summed E-state index contributed by atoms with van der Waals surface area (Å²) in [6.45, 7) is 7.00. The molecule has 1 heteroatoms. The van der Waals surface area contributed by atoms with Crippen molar-refractivity contribution in [3.05, 3.63) is 22.8 Å². The Hall–Kier alpha value is 0.210. The second-order valence-corrected chi connectivity index (χ2v) is 2.04. The second kappa shape index (κ2) is 2.45. The monoisotopic (exact) mass is 180 g/mol. The van der Waals surface area contributed by atoms with E-state index < -0.39 is 0 Å². The Morgan fingerprint density at radius 3 is 2.00 bits per heavy atom. The number of halogens is 1. The molecule has 0 aromatic rings. The summed E-state index contributed by atoms with van der Waals surface area (Å²) in [6.07, 6.45) is 1.71. The molecule has 0 heterocycles. The molecule has 0 saturated carbocycles. The Labute approximate surface area is 45.7 Å². The molecule has 0 radical (unpaired) electrons. The van der Waals surface area contributed by atoms with Gasteiger partial charge in [-0.25, -0.2) is 0 Å². The molecule has 0 spiro atoms. The van der Waals surface area contributed by atoms with E-state index in [0.717, 1.165) is 3.58 Å². The first-order chi connectivity index (χ1) is 2.27. The van der Waals surface area contributed by atoms with E-state index in [0.29, 0.717) is 0 Å². The molecule has 0 amide bonds. The molecule has 0 aliphatic rings. The van der Waals surface area contributed by atoms with Gasteiger partial charge in [-0.2, -0.15) is 0 Å². The molecule has 0 fully saturated rings. The summed E-state index contributed by atoms with van der Waals surface area (Å²) in [7, 11) is 0. The van der Waals surface area contributed by atoms with Gasteiger partial charge in [0.25, 0.3) is 0 Å². The largest absolute Gasteiger partial charge is 0.0980 e. The van der Waals surface area contributed by atoms with Crippen LogP contribution in [0.15, 0.2) is 22.8 Å². The molecule has 0 aromatic heterocycles. The van der Waals surface area contributed by atoms with Crippen molar-refractivity contribution in [3.63, 3.8) is 0 Å². The molecule has 0 nitrogen and oxygen atoms in total. The maximum absolute atomic E-state index is 3.54. The molecule has 0 unspecified atom stereocenters. The van der Waals surface area contributed by atoms with Crippen molar-refractivity contribution in [3.8, 4) is 0 Å². The van der Waals surface area contributed by atoms with Gasteiger partial charge in [0.2, 0.25) is 0 Å². The Bertz CT molecular complexity index is 54.7. The average molecular weight is 180 g/mol. The highest BCUT2D eigenvalue weighted by molar-refractivity contribution is 14.1. The Morgan fingerprint density at radius 2 is 2.00 bits per heavy atom. The molecule has 28 valence electrons. The van der Waals surface area contributed by atoms with E-state index in [4.69, 9.17) is 0 Å². The highest BCUT2D eigenvalue weighted by Gasteiger charge is 1.62. The van der Waals surface area contributed by atoms with E-state index in [2.05, 4.69) is 35.7 Å². The van der Waals surface area contributed by atoms with Crippen molar-refractivity contribution < 1.29 is 0 Å². The van der Waals surface area contributed by atoms with Gasteiger partial charge in [0.05, 0.1) is 0 Å². The van der Waals surface area contributed by atoms with Gasteiger partial charge in [0.15, 0.2) is 0 Å². The summed E-state index contributed by atoms with van der Waals surface area (Å²) in [5.41, 5.74) is 0. The van der Waals surface area contributed by atoms with E-state index in [1.165, 1.54) is 0 Å². The van der Waals surface area contributed by atoms with Crippen LogP contribution in [0.4, 0.5) is 0 Å². The fourth-order valence-corrected chi connectivity index (χ4v) is 0. The summed E-state index contributed by atoms with van der Waals surface area (Å²) in [6, 6.07) is 0. The fraction of sp³-hybridized carbons (Fsp3) is 0. The van der Waals surface area contributed by atoms with Gasteiger partial charge >= 0.3 is 0 Å². The van der Waals surface area contributed by atoms with E-state index in [-0.39, 0.29) is 0 Å². The van der Waals surface area contributed by atoms with Crippen LogP contribution in [0.1, 0.15) is 0 Å². The van der Waals surface area contributed by atoms with Crippen molar-refractivity contribution >= 4 is 22.6 Å². The first-order valence-electron chi connectivity index (χ1n) is 1.24. The van der Waals surface area contributed by atoms with Crippen molar-refractivity contribution in [1.82, 2.24) is 0 Å². The van der Waals surface area contributed by atoms with Crippen LogP contribution in [-0.4, -0.2) is 0 Å². The van der Waals surface area contributed by atoms with Crippen LogP contribution in [0.5, 0.6) is 0 Å². The SMILES string of the molecule is C=CC(=C)I. The van der Waals surface area contributed by atoms with Crippen LogP contribution in [-0.2, 0) is 0 Å². The fourth-order valence-electron chi connectivity index (χ4n) is 0. The Balaban J connectivity index is 3.20. The minimum absolute atomic E-state index is 0.989. The molecule has 0 aromatic carbocycles. The molecule has 0 aliphatic carbocycles. The lowest BCUT2D eigenvalue weighted by molar-refractivity contribution is 2.11. The summed E-state index contributed by atoms with van der Waals surface area (Å²) in [5, 5.41) is 0. The predicted octanol–water partition coefficient (Wildman–Crippen LogP) is 2.12. The molecule has 5 heavy (non-hydrogen) atoms. The van der Waals surface area contributed by atoms with Gasteiger partial charge in [-0.1, -0.05) is 19.2 Å². The summed E-state index contributed by atoms with van der Waals surface area (Å²) < 4.78 is 0.989. The molecular weight excluding hydrogens is 175 g/mol. The van der Waals surface area contributed by atoms with E-state index in [1.807, 2.05) is 0 Å². The second-order valence-electron chi connectivity index (χ2n) is 0.651. The smallest absolute Gasteiger partial charge is 0.00520 e. The Morgan fingerprint density at radius 1 is 1.80 bits per heavy atom. The molecule has 0 bridgehead atoms. The minimum Gasteiger partial charge on any atom is -0.0980 e. The van der Waals surface area contributed by atoms with Crippen LogP contribution in [0.2, 0.25) is 0 Å². The quantitative estimate of drug-likeness (QED) is 0.428. The molecular formula is C4H5I. The molecule has 0 saturated heterocycles. The zero-order valence-corrected chi connectivity index (χ0v) is 5.03. The van der Waals surface area contributed by atoms with Gasteiger partial charge in [-0.15, -0.1) is 0 Å². The van der Waals surface area contributed by atoms with Gasteiger partial charge in [0.1, 0.15) is 0 Å². The lowest BCUT2D eigenvalue weighted by Crippen LogP contribution is -1.41. The van der Waals surface area contributed by atoms with Crippen LogP contribution < -0.4 is 0 Å². The zero-order valence-electron chi connectivity index (χ0n) is 2.87. The maximum atomic E-state index is 3.54. The normalized spacial score (nSPS) is 6.60. The van der Waals surface area contributed by atoms with Crippen molar-refractivity contribution in [2.75, 3.05) is 0 Å². The minimum atomic E-state index is 0.989. The number of hydrogen-bond donors (Lipinski definition) is 0. The van der Waals surface area contributed by atoms with Gasteiger partial charge in [-0.05, 0) is 22.6 Å². The molecule has 0 aliphatic heterocycles. The van der Waals surface area contributed by atoms with Crippen molar-refractivity contribution in [2.24, 2.45) is 0 Å². The number of hydrogen-bond acceptors (Lipinski definition) is 0. The van der Waals surface area contributed by atoms with Crippen LogP contribution >= 0.6 is 22.6 Å². The van der Waals surface area contributed by atoms with Crippen molar-refractivity contribution in [1.29, 1.82) is 0 Å². The summed E-state index contributed by atoms with van der Waals surface area (Å²) in [5.74, 6) is 0. The third-order valence-electron chi connectivity index (χ3n) is 0.221.